The first-order valence-electron chi connectivity index (χ1n) is 13.0. The lowest BCUT2D eigenvalue weighted by atomic mass is 9.96. The smallest absolute Gasteiger partial charge is 0.338 e. The molecule has 1 aromatic heterocycles. The summed E-state index contributed by atoms with van der Waals surface area (Å²) in [5.74, 6) is 0.160. The molecule has 0 radical (unpaired) electrons. The predicted molar refractivity (Wildman–Crippen MR) is 171 cm³/mol. The van der Waals surface area contributed by atoms with Crippen LogP contribution in [-0.2, 0) is 16.1 Å². The standard InChI is InChI=1S/C31H24Cl4N2O5S/c1-4-41-30(39)26-16(2)36-31-37(27(26)18-5-8-20(32)9-6-18)29(38)25(43-31)13-17-11-23(35)28(24(12-17)40-3)42-15-19-7-10-21(33)14-22(19)34/h5-14,27H,4,15H2,1-3H3/b25-13-/t27-/m1/s1. The van der Waals surface area contributed by atoms with Gasteiger partial charge in [0.05, 0.1) is 40.6 Å². The van der Waals surface area contributed by atoms with Crippen molar-refractivity contribution in [1.82, 2.24) is 4.57 Å². The van der Waals surface area contributed by atoms with Crippen LogP contribution in [0.4, 0.5) is 0 Å². The average Bonchev–Trinajstić information content (AvgIpc) is 3.26. The number of esters is 1. The van der Waals surface area contributed by atoms with Crippen molar-refractivity contribution in [3.63, 3.8) is 0 Å². The Labute approximate surface area is 271 Å². The van der Waals surface area contributed by atoms with Gasteiger partial charge in [-0.3, -0.25) is 9.36 Å². The molecule has 12 heteroatoms. The average molecular weight is 678 g/mol. The molecule has 1 aliphatic heterocycles. The van der Waals surface area contributed by atoms with Gasteiger partial charge in [-0.15, -0.1) is 0 Å². The third-order valence-electron chi connectivity index (χ3n) is 6.64. The summed E-state index contributed by atoms with van der Waals surface area (Å²) in [6, 6.07) is 14.8. The Kier molecular flexibility index (Phi) is 9.54. The fourth-order valence-electron chi connectivity index (χ4n) is 4.66. The van der Waals surface area contributed by atoms with Gasteiger partial charge in [-0.25, -0.2) is 9.79 Å². The zero-order valence-electron chi connectivity index (χ0n) is 23.1. The number of rotatable bonds is 8. The third-order valence-corrected chi connectivity index (χ3v) is 8.74. The van der Waals surface area contributed by atoms with Crippen LogP contribution in [-0.4, -0.2) is 24.3 Å². The summed E-state index contributed by atoms with van der Waals surface area (Å²) in [7, 11) is 1.50. The Hall–Kier alpha value is -3.27. The van der Waals surface area contributed by atoms with Crippen molar-refractivity contribution in [1.29, 1.82) is 0 Å². The van der Waals surface area contributed by atoms with E-state index in [2.05, 4.69) is 4.99 Å². The number of carbonyl (C=O) groups excluding carboxylic acids is 1. The second-order valence-corrected chi connectivity index (χ2v) is 12.1. The molecule has 0 aliphatic carbocycles. The summed E-state index contributed by atoms with van der Waals surface area (Å²) >= 11 is 26.2. The van der Waals surface area contributed by atoms with E-state index in [0.717, 1.165) is 5.56 Å². The number of halogens is 4. The SMILES string of the molecule is CCOC(=O)C1=C(C)N=c2s/c(=C\c3cc(Cl)c(OCc4ccc(Cl)cc4Cl)c(OC)c3)c(=O)n2[C@@H]1c1ccc(Cl)cc1. The van der Waals surface area contributed by atoms with Crippen LogP contribution in [0.15, 0.2) is 75.7 Å². The van der Waals surface area contributed by atoms with Crippen LogP contribution < -0.4 is 24.4 Å². The molecule has 0 amide bonds. The molecule has 0 N–H and O–H groups in total. The number of nitrogens with zero attached hydrogens (tertiary/aromatic N) is 2. The fraction of sp³-hybridized carbons (Fsp3) is 0.194. The van der Waals surface area contributed by atoms with E-state index in [9.17, 15) is 9.59 Å². The van der Waals surface area contributed by atoms with Gasteiger partial charge in [0.25, 0.3) is 5.56 Å². The van der Waals surface area contributed by atoms with E-state index < -0.39 is 12.0 Å². The number of ether oxygens (including phenoxy) is 3. The molecule has 1 atom stereocenters. The number of benzene rings is 3. The van der Waals surface area contributed by atoms with Gasteiger partial charge in [-0.1, -0.05) is 75.9 Å². The van der Waals surface area contributed by atoms with Gasteiger partial charge in [-0.2, -0.15) is 0 Å². The van der Waals surface area contributed by atoms with Crippen molar-refractivity contribution in [2.24, 2.45) is 4.99 Å². The van der Waals surface area contributed by atoms with E-state index in [1.54, 1.807) is 74.5 Å². The number of allylic oxidation sites excluding steroid dienone is 1. The van der Waals surface area contributed by atoms with Crippen LogP contribution in [0.5, 0.6) is 11.5 Å². The largest absolute Gasteiger partial charge is 0.493 e. The minimum Gasteiger partial charge on any atom is -0.493 e. The highest BCUT2D eigenvalue weighted by Gasteiger charge is 2.33. The van der Waals surface area contributed by atoms with E-state index in [4.69, 9.17) is 60.6 Å². The lowest BCUT2D eigenvalue weighted by Crippen LogP contribution is -2.39. The van der Waals surface area contributed by atoms with Crippen molar-refractivity contribution in [3.8, 4) is 11.5 Å². The fourth-order valence-corrected chi connectivity index (χ4v) is 6.56. The first-order chi connectivity index (χ1) is 20.6. The maximum atomic E-state index is 13.9. The quantitative estimate of drug-likeness (QED) is 0.188. The van der Waals surface area contributed by atoms with Crippen LogP contribution >= 0.6 is 57.7 Å². The second kappa shape index (κ2) is 13.2. The molecule has 3 aromatic carbocycles. The second-order valence-electron chi connectivity index (χ2n) is 9.41. The van der Waals surface area contributed by atoms with Gasteiger partial charge in [0.15, 0.2) is 16.3 Å². The summed E-state index contributed by atoms with van der Waals surface area (Å²) in [5.41, 5.74) is 2.45. The summed E-state index contributed by atoms with van der Waals surface area (Å²) in [5, 5.41) is 1.80. The molecular weight excluding hydrogens is 654 g/mol. The summed E-state index contributed by atoms with van der Waals surface area (Å²) < 4.78 is 18.8. The zero-order valence-corrected chi connectivity index (χ0v) is 27.0. The van der Waals surface area contributed by atoms with Crippen molar-refractivity contribution >= 4 is 69.8 Å². The van der Waals surface area contributed by atoms with Crippen LogP contribution in [0.1, 0.15) is 36.6 Å². The Morgan fingerprint density at radius 1 is 1.02 bits per heavy atom. The van der Waals surface area contributed by atoms with Crippen molar-refractivity contribution in [3.05, 3.63) is 122 Å². The molecule has 0 fully saturated rings. The number of carbonyl (C=O) groups is 1. The molecule has 0 bridgehead atoms. The molecule has 0 saturated heterocycles. The van der Waals surface area contributed by atoms with Crippen LogP contribution in [0, 0.1) is 0 Å². The van der Waals surface area contributed by atoms with Gasteiger partial charge < -0.3 is 14.2 Å². The Morgan fingerprint density at radius 3 is 2.42 bits per heavy atom. The molecule has 7 nitrogen and oxygen atoms in total. The van der Waals surface area contributed by atoms with E-state index in [1.165, 1.54) is 23.0 Å². The molecule has 5 rings (SSSR count). The number of thiazole rings is 1. The monoisotopic (exact) mass is 676 g/mol. The summed E-state index contributed by atoms with van der Waals surface area (Å²) in [6.45, 7) is 3.77. The first-order valence-corrected chi connectivity index (χ1v) is 15.3. The van der Waals surface area contributed by atoms with Crippen molar-refractivity contribution in [2.75, 3.05) is 13.7 Å². The molecule has 1 aliphatic rings. The lowest BCUT2D eigenvalue weighted by molar-refractivity contribution is -0.139. The molecule has 2 heterocycles. The molecule has 4 aromatic rings. The summed E-state index contributed by atoms with van der Waals surface area (Å²) in [6.07, 6.45) is 1.69. The van der Waals surface area contributed by atoms with Crippen molar-refractivity contribution < 1.29 is 19.0 Å². The van der Waals surface area contributed by atoms with Gasteiger partial charge in [0.1, 0.15) is 6.61 Å². The van der Waals surface area contributed by atoms with E-state index in [0.29, 0.717) is 52.7 Å². The molecule has 43 heavy (non-hydrogen) atoms. The van der Waals surface area contributed by atoms with Gasteiger partial charge in [0.2, 0.25) is 0 Å². The topological polar surface area (TPSA) is 79.1 Å². The minimum atomic E-state index is -0.747. The zero-order chi connectivity index (χ0) is 30.8. The molecule has 0 unspecified atom stereocenters. The van der Waals surface area contributed by atoms with Gasteiger partial charge >= 0.3 is 5.97 Å². The highest BCUT2D eigenvalue weighted by Crippen LogP contribution is 2.38. The highest BCUT2D eigenvalue weighted by molar-refractivity contribution is 7.07. The van der Waals surface area contributed by atoms with Crippen LogP contribution in [0.25, 0.3) is 6.08 Å². The number of methoxy groups -OCH3 is 1. The number of hydrogen-bond donors (Lipinski definition) is 0. The van der Waals surface area contributed by atoms with Gasteiger partial charge in [0, 0.05) is 20.6 Å². The summed E-state index contributed by atoms with van der Waals surface area (Å²) in [4.78, 5) is 32.0. The number of hydrogen-bond acceptors (Lipinski definition) is 7. The Bertz CT molecular complexity index is 1930. The number of fused-ring (bicyclic) bond motifs is 1. The predicted octanol–water partition coefficient (Wildman–Crippen LogP) is 7.00. The maximum absolute atomic E-state index is 13.9. The van der Waals surface area contributed by atoms with E-state index in [1.807, 2.05) is 0 Å². The Morgan fingerprint density at radius 2 is 1.74 bits per heavy atom. The van der Waals surface area contributed by atoms with Crippen LogP contribution in [0.2, 0.25) is 20.1 Å². The van der Waals surface area contributed by atoms with E-state index >= 15 is 0 Å². The Balaban J connectivity index is 1.56. The van der Waals surface area contributed by atoms with Crippen molar-refractivity contribution in [2.45, 2.75) is 26.5 Å². The van der Waals surface area contributed by atoms with Crippen LogP contribution in [0.3, 0.4) is 0 Å². The lowest BCUT2D eigenvalue weighted by Gasteiger charge is -2.24. The van der Waals surface area contributed by atoms with E-state index in [-0.39, 0.29) is 29.4 Å². The third kappa shape index (κ3) is 6.49. The number of aromatic nitrogens is 1. The molecular formula is C31H24Cl4N2O5S. The normalized spacial score (nSPS) is 14.8. The minimum absolute atomic E-state index is 0.136. The molecule has 222 valence electrons. The first kappa shape index (κ1) is 31.2. The highest BCUT2D eigenvalue weighted by atomic mass is 35.5. The molecule has 0 saturated carbocycles. The molecule has 0 spiro atoms. The maximum Gasteiger partial charge on any atom is 0.338 e. The van der Waals surface area contributed by atoms with Gasteiger partial charge in [-0.05, 0) is 67.4 Å².